The van der Waals surface area contributed by atoms with Gasteiger partial charge in [-0.15, -0.1) is 5.10 Å². The van der Waals surface area contributed by atoms with Crippen molar-refractivity contribution < 1.29 is 22.3 Å². The molecule has 2 heterocycles. The average molecular weight is 463 g/mol. The lowest BCUT2D eigenvalue weighted by atomic mass is 9.84. The van der Waals surface area contributed by atoms with Crippen LogP contribution in [0.3, 0.4) is 0 Å². The van der Waals surface area contributed by atoms with Gasteiger partial charge in [-0.3, -0.25) is 0 Å². The lowest BCUT2D eigenvalue weighted by Gasteiger charge is -2.23. The SMILES string of the molecule is Cc1cc(-c2nnc(NCC3CCCC3)o2)nc2c(C(C)(C)C)cc(OCC(F)(F)F)cc12. The molecule has 3 aromatic rings. The fourth-order valence-corrected chi connectivity index (χ4v) is 4.24. The molecule has 33 heavy (non-hydrogen) atoms. The molecule has 6 nitrogen and oxygen atoms in total. The van der Waals surface area contributed by atoms with Crippen LogP contribution in [0.2, 0.25) is 0 Å². The number of rotatable bonds is 6. The molecule has 0 bridgehead atoms. The molecule has 9 heteroatoms. The third-order valence-electron chi connectivity index (χ3n) is 5.97. The average Bonchev–Trinajstić information content (AvgIpc) is 3.41. The van der Waals surface area contributed by atoms with Crippen molar-refractivity contribution in [3.63, 3.8) is 0 Å². The minimum absolute atomic E-state index is 0.165. The number of aryl methyl sites for hydroxylation is 1. The van der Waals surface area contributed by atoms with Gasteiger partial charge in [-0.1, -0.05) is 38.7 Å². The molecule has 4 rings (SSSR count). The Kier molecular flexibility index (Phi) is 6.24. The maximum absolute atomic E-state index is 12.7. The van der Waals surface area contributed by atoms with Crippen molar-refractivity contribution in [2.24, 2.45) is 5.92 Å². The van der Waals surface area contributed by atoms with Gasteiger partial charge in [0.15, 0.2) is 6.61 Å². The van der Waals surface area contributed by atoms with Crippen molar-refractivity contribution in [2.45, 2.75) is 65.0 Å². The van der Waals surface area contributed by atoms with E-state index < -0.39 is 12.8 Å². The summed E-state index contributed by atoms with van der Waals surface area (Å²) in [5, 5.41) is 12.2. The molecule has 1 N–H and O–H groups in total. The van der Waals surface area contributed by atoms with E-state index >= 15 is 0 Å². The van der Waals surface area contributed by atoms with Crippen molar-refractivity contribution in [2.75, 3.05) is 18.5 Å². The van der Waals surface area contributed by atoms with Crippen LogP contribution in [-0.2, 0) is 5.41 Å². The van der Waals surface area contributed by atoms with E-state index in [2.05, 4.69) is 15.5 Å². The second-order valence-electron chi connectivity index (χ2n) is 9.79. The van der Waals surface area contributed by atoms with Crippen LogP contribution in [-0.4, -0.2) is 34.5 Å². The molecule has 2 aromatic heterocycles. The molecule has 0 amide bonds. The lowest BCUT2D eigenvalue weighted by molar-refractivity contribution is -0.153. The van der Waals surface area contributed by atoms with Crippen LogP contribution < -0.4 is 10.1 Å². The number of hydrogen-bond acceptors (Lipinski definition) is 6. The number of ether oxygens (including phenoxy) is 1. The smallest absolute Gasteiger partial charge is 0.422 e. The first-order valence-corrected chi connectivity index (χ1v) is 11.2. The zero-order valence-corrected chi connectivity index (χ0v) is 19.3. The Hall–Kier alpha value is -2.84. The monoisotopic (exact) mass is 462 g/mol. The number of halogens is 3. The van der Waals surface area contributed by atoms with Crippen LogP contribution in [0, 0.1) is 12.8 Å². The Bertz CT molecular complexity index is 1130. The Morgan fingerprint density at radius 3 is 2.48 bits per heavy atom. The van der Waals surface area contributed by atoms with Gasteiger partial charge < -0.3 is 14.5 Å². The minimum Gasteiger partial charge on any atom is -0.484 e. The first-order valence-electron chi connectivity index (χ1n) is 11.2. The van der Waals surface area contributed by atoms with Gasteiger partial charge in [0.2, 0.25) is 0 Å². The topological polar surface area (TPSA) is 73.1 Å². The first kappa shape index (κ1) is 23.3. The van der Waals surface area contributed by atoms with E-state index in [1.54, 1.807) is 18.2 Å². The van der Waals surface area contributed by atoms with Crippen molar-refractivity contribution in [1.82, 2.24) is 15.2 Å². The van der Waals surface area contributed by atoms with Crippen LogP contribution in [0.5, 0.6) is 5.75 Å². The molecule has 0 radical (unpaired) electrons. The second kappa shape index (κ2) is 8.83. The summed E-state index contributed by atoms with van der Waals surface area (Å²) < 4.78 is 48.9. The predicted molar refractivity (Wildman–Crippen MR) is 120 cm³/mol. The van der Waals surface area contributed by atoms with Gasteiger partial charge in [-0.05, 0) is 60.4 Å². The van der Waals surface area contributed by atoms with E-state index in [0.717, 1.165) is 23.1 Å². The lowest BCUT2D eigenvalue weighted by Crippen LogP contribution is -2.20. The highest BCUT2D eigenvalue weighted by atomic mass is 19.4. The highest BCUT2D eigenvalue weighted by Gasteiger charge is 2.29. The molecule has 0 spiro atoms. The fraction of sp³-hybridized carbons (Fsp3) is 0.542. The molecule has 1 aromatic carbocycles. The molecule has 1 aliphatic carbocycles. The van der Waals surface area contributed by atoms with Gasteiger partial charge in [0.05, 0.1) is 5.52 Å². The first-order chi connectivity index (χ1) is 15.5. The van der Waals surface area contributed by atoms with Crippen molar-refractivity contribution in [3.05, 3.63) is 29.3 Å². The van der Waals surface area contributed by atoms with Crippen LogP contribution >= 0.6 is 0 Å². The van der Waals surface area contributed by atoms with Gasteiger partial charge in [0.1, 0.15) is 11.4 Å². The number of benzene rings is 1. The Morgan fingerprint density at radius 1 is 1.09 bits per heavy atom. The van der Waals surface area contributed by atoms with Crippen molar-refractivity contribution in [1.29, 1.82) is 0 Å². The second-order valence-corrected chi connectivity index (χ2v) is 9.79. The predicted octanol–water partition coefficient (Wildman–Crippen LogP) is 6.43. The summed E-state index contributed by atoms with van der Waals surface area (Å²) >= 11 is 0. The van der Waals surface area contributed by atoms with E-state index in [1.165, 1.54) is 25.7 Å². The molecule has 1 saturated carbocycles. The van der Waals surface area contributed by atoms with E-state index in [4.69, 9.17) is 14.1 Å². The van der Waals surface area contributed by atoms with Crippen LogP contribution in [0.1, 0.15) is 57.6 Å². The molecule has 0 aliphatic heterocycles. The number of nitrogens with one attached hydrogen (secondary N) is 1. The quantitative estimate of drug-likeness (QED) is 0.455. The van der Waals surface area contributed by atoms with E-state index in [9.17, 15) is 13.2 Å². The maximum Gasteiger partial charge on any atom is 0.422 e. The number of aromatic nitrogens is 3. The summed E-state index contributed by atoms with van der Waals surface area (Å²) in [5.74, 6) is 1.09. The third kappa shape index (κ3) is 5.57. The highest BCUT2D eigenvalue weighted by molar-refractivity contribution is 5.89. The van der Waals surface area contributed by atoms with Crippen molar-refractivity contribution in [3.8, 4) is 17.3 Å². The standard InChI is InChI=1S/C24H29F3N4O2/c1-14-9-19(21-30-31-22(33-21)28-12-15-7-5-6-8-15)29-20-17(14)10-16(32-13-24(25,26)27)11-18(20)23(2,3)4/h9-11,15H,5-8,12-13H2,1-4H3,(H,28,31). The number of fused-ring (bicyclic) bond motifs is 1. The molecular formula is C24H29F3N4O2. The zero-order chi connectivity index (χ0) is 23.8. The summed E-state index contributed by atoms with van der Waals surface area (Å²) in [5.41, 5.74) is 2.43. The maximum atomic E-state index is 12.7. The molecule has 1 aliphatic rings. The van der Waals surface area contributed by atoms with Gasteiger partial charge in [-0.2, -0.15) is 13.2 Å². The Morgan fingerprint density at radius 2 is 1.82 bits per heavy atom. The molecular weight excluding hydrogens is 433 g/mol. The zero-order valence-electron chi connectivity index (χ0n) is 19.3. The molecule has 178 valence electrons. The number of pyridine rings is 1. The van der Waals surface area contributed by atoms with Gasteiger partial charge >= 0.3 is 12.2 Å². The van der Waals surface area contributed by atoms with Crippen LogP contribution in [0.4, 0.5) is 19.2 Å². The third-order valence-corrected chi connectivity index (χ3v) is 5.97. The fourth-order valence-electron chi connectivity index (χ4n) is 4.24. The molecule has 0 atom stereocenters. The summed E-state index contributed by atoms with van der Waals surface area (Å²) in [7, 11) is 0. The largest absolute Gasteiger partial charge is 0.484 e. The Labute approximate surface area is 190 Å². The normalized spacial score (nSPS) is 15.4. The summed E-state index contributed by atoms with van der Waals surface area (Å²) in [6, 6.07) is 5.40. The summed E-state index contributed by atoms with van der Waals surface area (Å²) in [6.45, 7) is 7.29. The number of anilines is 1. The minimum atomic E-state index is -4.41. The highest BCUT2D eigenvalue weighted by Crippen LogP contribution is 2.36. The van der Waals surface area contributed by atoms with E-state index in [1.807, 2.05) is 27.7 Å². The van der Waals surface area contributed by atoms with E-state index in [-0.39, 0.29) is 11.2 Å². The molecule has 0 saturated heterocycles. The number of nitrogens with zero attached hydrogens (tertiary/aromatic N) is 3. The van der Waals surface area contributed by atoms with E-state index in [0.29, 0.717) is 29.0 Å². The van der Waals surface area contributed by atoms with Gasteiger partial charge in [0.25, 0.3) is 5.89 Å². The van der Waals surface area contributed by atoms with Crippen molar-refractivity contribution >= 4 is 16.9 Å². The van der Waals surface area contributed by atoms with Gasteiger partial charge in [-0.25, -0.2) is 4.98 Å². The van der Waals surface area contributed by atoms with Gasteiger partial charge in [0, 0.05) is 11.9 Å². The number of hydrogen-bond donors (Lipinski definition) is 1. The van der Waals surface area contributed by atoms with Crippen LogP contribution in [0.15, 0.2) is 22.6 Å². The molecule has 1 fully saturated rings. The summed E-state index contributed by atoms with van der Waals surface area (Å²) in [6.07, 6.45) is 0.546. The summed E-state index contributed by atoms with van der Waals surface area (Å²) in [4.78, 5) is 4.77. The van der Waals surface area contributed by atoms with Crippen LogP contribution in [0.25, 0.3) is 22.5 Å². The Balaban J connectivity index is 1.67. The number of alkyl halides is 3. The molecule has 0 unspecified atom stereocenters.